The molecule has 2 heterocycles. The Bertz CT molecular complexity index is 608. The van der Waals surface area contributed by atoms with E-state index < -0.39 is 9.84 Å². The Hall–Kier alpha value is -0.660. The SMILES string of the molecule is CC1CCC(CNC(=O)CN(C)C2CCS(=O)(=O)C2)(N2CCCCC2)CC1. The lowest BCUT2D eigenvalue weighted by Gasteiger charge is -2.49. The maximum Gasteiger partial charge on any atom is 0.234 e. The molecular weight excluding hydrogens is 362 g/mol. The largest absolute Gasteiger partial charge is 0.353 e. The lowest BCUT2D eigenvalue weighted by atomic mass is 9.75. The molecule has 3 fully saturated rings. The van der Waals surface area contributed by atoms with Crippen molar-refractivity contribution < 1.29 is 13.2 Å². The van der Waals surface area contributed by atoms with Gasteiger partial charge in [-0.15, -0.1) is 0 Å². The number of sulfone groups is 1. The van der Waals surface area contributed by atoms with Crippen LogP contribution in [0.1, 0.15) is 58.3 Å². The number of piperidine rings is 1. The van der Waals surface area contributed by atoms with Crippen molar-refractivity contribution in [2.45, 2.75) is 69.9 Å². The predicted molar refractivity (Wildman–Crippen MR) is 108 cm³/mol. The molecule has 0 aromatic heterocycles. The minimum absolute atomic E-state index is 0.0210. The lowest BCUT2D eigenvalue weighted by molar-refractivity contribution is -0.123. The number of nitrogens with one attached hydrogen (secondary N) is 1. The van der Waals surface area contributed by atoms with Gasteiger partial charge < -0.3 is 5.32 Å². The van der Waals surface area contributed by atoms with Crippen molar-refractivity contribution >= 4 is 15.7 Å². The Kier molecular flexibility index (Phi) is 6.85. The topological polar surface area (TPSA) is 69.7 Å². The van der Waals surface area contributed by atoms with E-state index in [1.807, 2.05) is 11.9 Å². The third-order valence-corrected chi connectivity index (χ3v) is 8.82. The van der Waals surface area contributed by atoms with E-state index in [1.54, 1.807) is 0 Å². The molecule has 7 heteroatoms. The van der Waals surface area contributed by atoms with Gasteiger partial charge in [0.25, 0.3) is 0 Å². The third kappa shape index (κ3) is 5.45. The molecule has 0 aromatic carbocycles. The zero-order valence-corrected chi connectivity index (χ0v) is 17.9. The number of hydrogen-bond acceptors (Lipinski definition) is 5. The summed E-state index contributed by atoms with van der Waals surface area (Å²) in [6.07, 6.45) is 9.33. The Morgan fingerprint density at radius 1 is 1.15 bits per heavy atom. The molecule has 1 atom stereocenters. The highest BCUT2D eigenvalue weighted by molar-refractivity contribution is 7.91. The maximum atomic E-state index is 12.6. The normalized spacial score (nSPS) is 34.6. The van der Waals surface area contributed by atoms with Crippen molar-refractivity contribution in [2.24, 2.45) is 5.92 Å². The minimum Gasteiger partial charge on any atom is -0.353 e. The zero-order valence-electron chi connectivity index (χ0n) is 17.1. The fraction of sp³-hybridized carbons (Fsp3) is 0.950. The van der Waals surface area contributed by atoms with Crippen LogP contribution < -0.4 is 5.32 Å². The number of carbonyl (C=O) groups excluding carboxylic acids is 1. The first kappa shape index (κ1) is 21.1. The highest BCUT2D eigenvalue weighted by Gasteiger charge is 2.40. The van der Waals surface area contributed by atoms with Crippen molar-refractivity contribution in [2.75, 3.05) is 44.7 Å². The molecule has 0 radical (unpaired) electrons. The molecule has 0 bridgehead atoms. The molecule has 2 saturated heterocycles. The molecule has 1 amide bonds. The van der Waals surface area contributed by atoms with Gasteiger partial charge in [0.15, 0.2) is 9.84 Å². The maximum absolute atomic E-state index is 12.6. The molecule has 3 aliphatic rings. The molecule has 1 aliphatic carbocycles. The van der Waals surface area contributed by atoms with Gasteiger partial charge in [-0.3, -0.25) is 14.6 Å². The molecule has 1 saturated carbocycles. The van der Waals surface area contributed by atoms with Gasteiger partial charge in [0.05, 0.1) is 18.1 Å². The Labute approximate surface area is 165 Å². The average Bonchev–Trinajstić information content (AvgIpc) is 3.02. The number of likely N-dealkylation sites (N-methyl/N-ethyl adjacent to an activating group) is 1. The summed E-state index contributed by atoms with van der Waals surface area (Å²) in [6.45, 7) is 5.67. The quantitative estimate of drug-likeness (QED) is 0.736. The summed E-state index contributed by atoms with van der Waals surface area (Å²) in [4.78, 5) is 17.1. The van der Waals surface area contributed by atoms with Crippen LogP contribution in [-0.2, 0) is 14.6 Å². The summed E-state index contributed by atoms with van der Waals surface area (Å²) in [5.41, 5.74) is 0.123. The van der Waals surface area contributed by atoms with Crippen LogP contribution in [0.3, 0.4) is 0 Å². The Morgan fingerprint density at radius 2 is 1.81 bits per heavy atom. The van der Waals surface area contributed by atoms with E-state index in [4.69, 9.17) is 0 Å². The smallest absolute Gasteiger partial charge is 0.234 e. The van der Waals surface area contributed by atoms with Crippen LogP contribution in [0.2, 0.25) is 0 Å². The van der Waals surface area contributed by atoms with Crippen LogP contribution >= 0.6 is 0 Å². The highest BCUT2D eigenvalue weighted by Crippen LogP contribution is 2.37. The Balaban J connectivity index is 1.54. The number of carbonyl (C=O) groups is 1. The van der Waals surface area contributed by atoms with Crippen molar-refractivity contribution in [3.05, 3.63) is 0 Å². The van der Waals surface area contributed by atoms with Gasteiger partial charge in [-0.25, -0.2) is 8.42 Å². The molecule has 1 unspecified atom stereocenters. The van der Waals surface area contributed by atoms with Gasteiger partial charge in [0.1, 0.15) is 0 Å². The zero-order chi connectivity index (χ0) is 19.5. The van der Waals surface area contributed by atoms with Crippen molar-refractivity contribution in [1.29, 1.82) is 0 Å². The fourth-order valence-corrected chi connectivity index (χ4v) is 6.88. The molecule has 6 nitrogen and oxygen atoms in total. The second-order valence-electron chi connectivity index (χ2n) is 9.20. The highest BCUT2D eigenvalue weighted by atomic mass is 32.2. The van der Waals surface area contributed by atoms with Gasteiger partial charge >= 0.3 is 0 Å². The van der Waals surface area contributed by atoms with Crippen LogP contribution in [0.15, 0.2) is 0 Å². The summed E-state index contributed by atoms with van der Waals surface area (Å²) in [6, 6.07) is -0.0210. The van der Waals surface area contributed by atoms with E-state index in [0.717, 1.165) is 25.6 Å². The van der Waals surface area contributed by atoms with Crippen molar-refractivity contribution in [3.63, 3.8) is 0 Å². The summed E-state index contributed by atoms with van der Waals surface area (Å²) in [5.74, 6) is 1.25. The molecular formula is C20H37N3O3S. The molecule has 0 aromatic rings. The summed E-state index contributed by atoms with van der Waals surface area (Å²) in [7, 11) is -1.05. The first-order chi connectivity index (χ1) is 12.8. The van der Waals surface area contributed by atoms with Gasteiger partial charge in [0.2, 0.25) is 5.91 Å². The van der Waals surface area contributed by atoms with Crippen molar-refractivity contribution in [1.82, 2.24) is 15.1 Å². The molecule has 27 heavy (non-hydrogen) atoms. The summed E-state index contributed by atoms with van der Waals surface area (Å²) < 4.78 is 23.3. The first-order valence-corrected chi connectivity index (χ1v) is 12.5. The number of likely N-dealkylation sites (tertiary alicyclic amines) is 1. The molecule has 0 spiro atoms. The van der Waals surface area contributed by atoms with Crippen LogP contribution in [0.25, 0.3) is 0 Å². The van der Waals surface area contributed by atoms with E-state index >= 15 is 0 Å². The summed E-state index contributed by atoms with van der Waals surface area (Å²) in [5, 5.41) is 3.21. The van der Waals surface area contributed by atoms with Gasteiger partial charge in [-0.2, -0.15) is 0 Å². The monoisotopic (exact) mass is 399 g/mol. The van der Waals surface area contributed by atoms with Gasteiger partial charge in [0, 0.05) is 18.1 Å². The van der Waals surface area contributed by atoms with Crippen LogP contribution in [0.5, 0.6) is 0 Å². The number of nitrogens with zero attached hydrogens (tertiary/aromatic N) is 2. The van der Waals surface area contributed by atoms with E-state index in [0.29, 0.717) is 6.42 Å². The third-order valence-electron chi connectivity index (χ3n) is 7.07. The van der Waals surface area contributed by atoms with Crippen LogP contribution in [-0.4, -0.2) is 80.4 Å². The van der Waals surface area contributed by atoms with E-state index in [1.165, 1.54) is 44.9 Å². The predicted octanol–water partition coefficient (Wildman–Crippen LogP) is 1.66. The van der Waals surface area contributed by atoms with Crippen LogP contribution in [0, 0.1) is 5.92 Å². The minimum atomic E-state index is -2.92. The van der Waals surface area contributed by atoms with E-state index in [9.17, 15) is 13.2 Å². The Morgan fingerprint density at radius 3 is 2.41 bits per heavy atom. The van der Waals surface area contributed by atoms with Crippen molar-refractivity contribution in [3.8, 4) is 0 Å². The van der Waals surface area contributed by atoms with Crippen LogP contribution in [0.4, 0.5) is 0 Å². The number of rotatable bonds is 6. The van der Waals surface area contributed by atoms with Gasteiger partial charge in [-0.05, 0) is 71.0 Å². The number of hydrogen-bond donors (Lipinski definition) is 1. The summed E-state index contributed by atoms with van der Waals surface area (Å²) >= 11 is 0. The van der Waals surface area contributed by atoms with Gasteiger partial charge in [-0.1, -0.05) is 13.3 Å². The standard InChI is InChI=1S/C20H37N3O3S/c1-17-6-9-20(10-7-17,23-11-4-3-5-12-23)16-21-19(24)14-22(2)18-8-13-27(25,26)15-18/h17-18H,3-16H2,1-2H3,(H,21,24). The van der Waals surface area contributed by atoms with E-state index in [-0.39, 0.29) is 35.5 Å². The fourth-order valence-electron chi connectivity index (χ4n) is 5.07. The second-order valence-corrected chi connectivity index (χ2v) is 11.4. The van der Waals surface area contributed by atoms with E-state index in [2.05, 4.69) is 17.1 Å². The number of amides is 1. The second kappa shape index (κ2) is 8.78. The average molecular weight is 400 g/mol. The molecule has 1 N–H and O–H groups in total. The lowest BCUT2D eigenvalue weighted by Crippen LogP contribution is -2.59. The first-order valence-electron chi connectivity index (χ1n) is 10.7. The molecule has 3 rings (SSSR count). The molecule has 156 valence electrons. The molecule has 2 aliphatic heterocycles.